The molecule has 3 nitrogen and oxygen atoms in total. The fourth-order valence-electron chi connectivity index (χ4n) is 2.15. The van der Waals surface area contributed by atoms with E-state index in [1.54, 1.807) is 25.1 Å². The predicted octanol–water partition coefficient (Wildman–Crippen LogP) is 4.78. The quantitative estimate of drug-likeness (QED) is 0.883. The Hall–Kier alpha value is -3.00. The fraction of sp³-hybridized carbons (Fsp3) is 0.111. The van der Waals surface area contributed by atoms with Crippen LogP contribution in [0.2, 0.25) is 0 Å². The maximum atomic E-state index is 14.4. The van der Waals surface area contributed by atoms with Gasteiger partial charge < -0.3 is 5.11 Å². The van der Waals surface area contributed by atoms with Gasteiger partial charge in [0.2, 0.25) is 0 Å². The second kappa shape index (κ2) is 6.84. The first-order chi connectivity index (χ1) is 11.0. The molecule has 0 fully saturated rings. The average Bonchev–Trinajstić information content (AvgIpc) is 2.55. The summed E-state index contributed by atoms with van der Waals surface area (Å²) in [6.45, 7) is 1.68. The first-order valence-corrected chi connectivity index (χ1v) is 6.90. The molecule has 0 atom stereocenters. The van der Waals surface area contributed by atoms with Gasteiger partial charge in [-0.05, 0) is 35.8 Å². The summed E-state index contributed by atoms with van der Waals surface area (Å²) >= 11 is 0. The van der Waals surface area contributed by atoms with Gasteiger partial charge in [-0.15, -0.1) is 0 Å². The Labute approximate surface area is 132 Å². The summed E-state index contributed by atoms with van der Waals surface area (Å²) in [6.07, 6.45) is 1.62. The van der Waals surface area contributed by atoms with Gasteiger partial charge in [0, 0.05) is 5.56 Å². The van der Waals surface area contributed by atoms with Crippen molar-refractivity contribution in [1.29, 1.82) is 5.26 Å². The van der Waals surface area contributed by atoms with Crippen LogP contribution in [-0.2, 0) is 0 Å². The Bertz CT molecular complexity index is 818. The second-order valence-corrected chi connectivity index (χ2v) is 4.83. The van der Waals surface area contributed by atoms with Crippen LogP contribution in [0, 0.1) is 17.1 Å². The highest BCUT2D eigenvalue weighted by Gasteiger charge is 2.19. The van der Waals surface area contributed by atoms with E-state index in [9.17, 15) is 18.7 Å². The number of allylic oxidation sites excluding steroid dienone is 1. The SMILES string of the molecule is CCC(F)=Cc1ccc(-c2c(C(=O)O)ccc(C#N)c2F)cc1. The molecule has 2 aromatic carbocycles. The van der Waals surface area contributed by atoms with Crippen molar-refractivity contribution in [3.8, 4) is 17.2 Å². The molecule has 0 unspecified atom stereocenters. The summed E-state index contributed by atoms with van der Waals surface area (Å²) in [5.74, 6) is -2.46. The summed E-state index contributed by atoms with van der Waals surface area (Å²) in [5.41, 5.74) is 0.284. The largest absolute Gasteiger partial charge is 0.478 e. The lowest BCUT2D eigenvalue weighted by molar-refractivity contribution is 0.0697. The van der Waals surface area contributed by atoms with Crippen LogP contribution >= 0.6 is 0 Å². The van der Waals surface area contributed by atoms with Crippen LogP contribution in [0.4, 0.5) is 8.78 Å². The first kappa shape index (κ1) is 16.4. The molecule has 0 saturated carbocycles. The van der Waals surface area contributed by atoms with Gasteiger partial charge in [0.15, 0.2) is 0 Å². The lowest BCUT2D eigenvalue weighted by Gasteiger charge is -2.09. The molecule has 0 saturated heterocycles. The number of aromatic carboxylic acids is 1. The highest BCUT2D eigenvalue weighted by molar-refractivity contribution is 5.96. The highest BCUT2D eigenvalue weighted by atomic mass is 19.1. The molecule has 0 radical (unpaired) electrons. The number of rotatable bonds is 4. The zero-order valence-corrected chi connectivity index (χ0v) is 12.3. The fourth-order valence-corrected chi connectivity index (χ4v) is 2.15. The topological polar surface area (TPSA) is 61.1 Å². The molecular formula is C18H13F2NO2. The lowest BCUT2D eigenvalue weighted by Crippen LogP contribution is -2.03. The van der Waals surface area contributed by atoms with E-state index in [0.29, 0.717) is 11.1 Å². The minimum atomic E-state index is -1.29. The van der Waals surface area contributed by atoms with Crippen molar-refractivity contribution < 1.29 is 18.7 Å². The van der Waals surface area contributed by atoms with E-state index in [1.165, 1.54) is 24.3 Å². The molecule has 23 heavy (non-hydrogen) atoms. The number of halogens is 2. The van der Waals surface area contributed by atoms with Gasteiger partial charge in [-0.25, -0.2) is 13.6 Å². The van der Waals surface area contributed by atoms with Gasteiger partial charge in [-0.3, -0.25) is 0 Å². The number of benzene rings is 2. The third-order valence-electron chi connectivity index (χ3n) is 3.35. The zero-order valence-electron chi connectivity index (χ0n) is 12.3. The van der Waals surface area contributed by atoms with E-state index in [2.05, 4.69) is 0 Å². The van der Waals surface area contributed by atoms with Crippen LogP contribution in [0.5, 0.6) is 0 Å². The van der Waals surface area contributed by atoms with Gasteiger partial charge in [-0.2, -0.15) is 5.26 Å². The van der Waals surface area contributed by atoms with Crippen LogP contribution < -0.4 is 0 Å². The number of nitrogens with zero attached hydrogens (tertiary/aromatic N) is 1. The van der Waals surface area contributed by atoms with Crippen LogP contribution in [0.25, 0.3) is 17.2 Å². The maximum Gasteiger partial charge on any atom is 0.336 e. The number of carboxylic acid groups (broad SMARTS) is 1. The third-order valence-corrected chi connectivity index (χ3v) is 3.35. The Morgan fingerprint density at radius 1 is 1.26 bits per heavy atom. The van der Waals surface area contributed by atoms with E-state index in [-0.39, 0.29) is 28.9 Å². The van der Waals surface area contributed by atoms with Gasteiger partial charge in [0.1, 0.15) is 17.7 Å². The maximum absolute atomic E-state index is 14.4. The molecule has 1 N–H and O–H groups in total. The van der Waals surface area contributed by atoms with Crippen molar-refractivity contribution in [3.05, 3.63) is 64.7 Å². The van der Waals surface area contributed by atoms with Crippen molar-refractivity contribution in [1.82, 2.24) is 0 Å². The van der Waals surface area contributed by atoms with E-state index >= 15 is 0 Å². The number of nitriles is 1. The molecule has 2 aromatic rings. The van der Waals surface area contributed by atoms with E-state index in [0.717, 1.165) is 6.07 Å². The molecule has 0 amide bonds. The molecule has 116 valence electrons. The zero-order chi connectivity index (χ0) is 17.0. The minimum absolute atomic E-state index is 0.150. The van der Waals surface area contributed by atoms with Gasteiger partial charge in [0.05, 0.1) is 11.1 Å². The molecule has 5 heteroatoms. The number of carbonyl (C=O) groups is 1. The van der Waals surface area contributed by atoms with E-state index in [1.807, 2.05) is 0 Å². The predicted molar refractivity (Wildman–Crippen MR) is 82.9 cm³/mol. The molecule has 0 heterocycles. The number of hydrogen-bond acceptors (Lipinski definition) is 2. The highest BCUT2D eigenvalue weighted by Crippen LogP contribution is 2.29. The summed E-state index contributed by atoms with van der Waals surface area (Å²) in [7, 11) is 0. The number of hydrogen-bond donors (Lipinski definition) is 1. The van der Waals surface area contributed by atoms with Gasteiger partial charge in [0.25, 0.3) is 0 Å². The van der Waals surface area contributed by atoms with E-state index < -0.39 is 11.8 Å². The van der Waals surface area contributed by atoms with Crippen molar-refractivity contribution >= 4 is 12.0 Å². The van der Waals surface area contributed by atoms with Crippen LogP contribution in [0.3, 0.4) is 0 Å². The van der Waals surface area contributed by atoms with Crippen LogP contribution in [0.1, 0.15) is 34.8 Å². The normalized spacial score (nSPS) is 11.1. The van der Waals surface area contributed by atoms with E-state index in [4.69, 9.17) is 5.26 Å². The summed E-state index contributed by atoms with van der Waals surface area (Å²) in [4.78, 5) is 11.3. The number of carboxylic acids is 1. The smallest absolute Gasteiger partial charge is 0.336 e. The minimum Gasteiger partial charge on any atom is -0.478 e. The molecule has 0 spiro atoms. The average molecular weight is 313 g/mol. The molecular weight excluding hydrogens is 300 g/mol. The first-order valence-electron chi connectivity index (χ1n) is 6.90. The van der Waals surface area contributed by atoms with Crippen LogP contribution in [0.15, 0.2) is 42.2 Å². The molecule has 2 rings (SSSR count). The third kappa shape index (κ3) is 3.43. The van der Waals surface area contributed by atoms with Crippen LogP contribution in [-0.4, -0.2) is 11.1 Å². The van der Waals surface area contributed by atoms with Gasteiger partial charge in [-0.1, -0.05) is 31.2 Å². The Kier molecular flexibility index (Phi) is 4.87. The Balaban J connectivity index is 2.58. The molecule has 0 aromatic heterocycles. The Morgan fingerprint density at radius 2 is 1.91 bits per heavy atom. The molecule has 0 aliphatic heterocycles. The summed E-state index contributed by atoms with van der Waals surface area (Å²) < 4.78 is 27.6. The molecule has 0 aliphatic carbocycles. The van der Waals surface area contributed by atoms with Crippen molar-refractivity contribution in [3.63, 3.8) is 0 Å². The monoisotopic (exact) mass is 313 g/mol. The van der Waals surface area contributed by atoms with Crippen molar-refractivity contribution in [2.45, 2.75) is 13.3 Å². The Morgan fingerprint density at radius 3 is 2.43 bits per heavy atom. The van der Waals surface area contributed by atoms with Crippen molar-refractivity contribution in [2.24, 2.45) is 0 Å². The molecule has 0 bridgehead atoms. The lowest BCUT2D eigenvalue weighted by atomic mass is 9.95. The van der Waals surface area contributed by atoms with Crippen molar-refractivity contribution in [2.75, 3.05) is 0 Å². The molecule has 0 aliphatic rings. The second-order valence-electron chi connectivity index (χ2n) is 4.83. The summed E-state index contributed by atoms with van der Waals surface area (Å²) in [6, 6.07) is 10.2. The van der Waals surface area contributed by atoms with Gasteiger partial charge >= 0.3 is 5.97 Å². The standard InChI is InChI=1S/C18H13F2NO2/c1-2-14(19)9-11-3-5-12(6-4-11)16-15(18(22)23)8-7-13(10-21)17(16)20/h3-9H,2H2,1H3,(H,22,23). The summed E-state index contributed by atoms with van der Waals surface area (Å²) in [5, 5.41) is 18.1.